The molecule has 4 nitrogen and oxygen atoms in total. The van der Waals surface area contributed by atoms with E-state index in [1.165, 1.54) is 0 Å². The highest BCUT2D eigenvalue weighted by Gasteiger charge is 2.31. The van der Waals surface area contributed by atoms with Gasteiger partial charge >= 0.3 is 6.03 Å². The monoisotopic (exact) mass is 290 g/mol. The van der Waals surface area contributed by atoms with Gasteiger partial charge in [0.2, 0.25) is 0 Å². The maximum Gasteiger partial charge on any atom is 0.322 e. The van der Waals surface area contributed by atoms with Gasteiger partial charge in [-0.05, 0) is 43.2 Å². The number of anilines is 1. The van der Waals surface area contributed by atoms with Crippen LogP contribution in [0.1, 0.15) is 24.6 Å². The molecule has 0 saturated carbocycles. The molecule has 1 N–H and O–H groups in total. The lowest BCUT2D eigenvalue weighted by atomic mass is 10.2. The molecule has 1 atom stereocenters. The summed E-state index contributed by atoms with van der Waals surface area (Å²) < 4.78 is 5.42. The SMILES string of the molecule is O=C(Nc1cccc(Cl)c1)N1CCC[C@H]1c1ccco1. The molecule has 0 aliphatic carbocycles. The van der Waals surface area contributed by atoms with E-state index in [-0.39, 0.29) is 12.1 Å². The summed E-state index contributed by atoms with van der Waals surface area (Å²) in [6, 6.07) is 10.8. The average molecular weight is 291 g/mol. The third kappa shape index (κ3) is 2.65. The van der Waals surface area contributed by atoms with Crippen LogP contribution < -0.4 is 5.32 Å². The molecule has 3 rings (SSSR count). The van der Waals surface area contributed by atoms with Crippen LogP contribution in [0.5, 0.6) is 0 Å². The van der Waals surface area contributed by atoms with Crippen molar-refractivity contribution >= 4 is 23.3 Å². The van der Waals surface area contributed by atoms with Crippen molar-refractivity contribution in [3.63, 3.8) is 0 Å². The number of benzene rings is 1. The number of hydrogen-bond acceptors (Lipinski definition) is 2. The van der Waals surface area contributed by atoms with Crippen LogP contribution in [-0.2, 0) is 0 Å². The maximum atomic E-state index is 12.4. The van der Waals surface area contributed by atoms with E-state index in [1.807, 2.05) is 24.3 Å². The van der Waals surface area contributed by atoms with Gasteiger partial charge in [0.1, 0.15) is 5.76 Å². The van der Waals surface area contributed by atoms with Crippen molar-refractivity contribution in [3.8, 4) is 0 Å². The van der Waals surface area contributed by atoms with Gasteiger partial charge in [-0.25, -0.2) is 4.79 Å². The predicted octanol–water partition coefficient (Wildman–Crippen LogP) is 4.30. The van der Waals surface area contributed by atoms with E-state index in [4.69, 9.17) is 16.0 Å². The van der Waals surface area contributed by atoms with Crippen LogP contribution in [0.15, 0.2) is 47.1 Å². The second kappa shape index (κ2) is 5.59. The molecule has 0 spiro atoms. The van der Waals surface area contributed by atoms with Crippen molar-refractivity contribution < 1.29 is 9.21 Å². The quantitative estimate of drug-likeness (QED) is 0.896. The van der Waals surface area contributed by atoms with Crippen molar-refractivity contribution in [1.29, 1.82) is 0 Å². The fourth-order valence-corrected chi connectivity index (χ4v) is 2.74. The molecule has 1 aliphatic rings. The molecular weight excluding hydrogens is 276 g/mol. The van der Waals surface area contributed by atoms with Crippen LogP contribution in [0.3, 0.4) is 0 Å². The van der Waals surface area contributed by atoms with E-state index in [2.05, 4.69) is 5.32 Å². The van der Waals surface area contributed by atoms with Crippen LogP contribution in [0, 0.1) is 0 Å². The Bertz CT molecular complexity index is 598. The van der Waals surface area contributed by atoms with E-state index in [0.29, 0.717) is 10.7 Å². The first-order valence-electron chi connectivity index (χ1n) is 6.60. The number of halogens is 1. The Balaban J connectivity index is 1.73. The molecule has 0 radical (unpaired) electrons. The minimum Gasteiger partial charge on any atom is -0.467 e. The Kier molecular flexibility index (Phi) is 3.65. The van der Waals surface area contributed by atoms with E-state index >= 15 is 0 Å². The first kappa shape index (κ1) is 13.1. The van der Waals surface area contributed by atoms with Gasteiger partial charge in [-0.2, -0.15) is 0 Å². The minimum absolute atomic E-state index is 0.0178. The topological polar surface area (TPSA) is 45.5 Å². The Morgan fingerprint density at radius 1 is 1.35 bits per heavy atom. The Hall–Kier alpha value is -1.94. The zero-order valence-electron chi connectivity index (χ0n) is 10.9. The average Bonchev–Trinajstić information content (AvgIpc) is 3.09. The van der Waals surface area contributed by atoms with Crippen LogP contribution in [0.2, 0.25) is 5.02 Å². The van der Waals surface area contributed by atoms with Crippen LogP contribution in [-0.4, -0.2) is 17.5 Å². The molecule has 20 heavy (non-hydrogen) atoms. The zero-order chi connectivity index (χ0) is 13.9. The Morgan fingerprint density at radius 2 is 2.25 bits per heavy atom. The summed E-state index contributed by atoms with van der Waals surface area (Å²) in [5.41, 5.74) is 0.701. The number of carbonyl (C=O) groups excluding carboxylic acids is 1. The highest BCUT2D eigenvalue weighted by atomic mass is 35.5. The van der Waals surface area contributed by atoms with Gasteiger partial charge in [-0.15, -0.1) is 0 Å². The Morgan fingerprint density at radius 3 is 3.00 bits per heavy atom. The van der Waals surface area contributed by atoms with Crippen molar-refractivity contribution in [2.45, 2.75) is 18.9 Å². The van der Waals surface area contributed by atoms with Gasteiger partial charge in [0.15, 0.2) is 0 Å². The zero-order valence-corrected chi connectivity index (χ0v) is 11.6. The first-order chi connectivity index (χ1) is 9.74. The van der Waals surface area contributed by atoms with Gasteiger partial charge in [0, 0.05) is 17.3 Å². The minimum atomic E-state index is -0.119. The second-order valence-electron chi connectivity index (χ2n) is 4.81. The van der Waals surface area contributed by atoms with E-state index < -0.39 is 0 Å². The van der Waals surface area contributed by atoms with E-state index in [0.717, 1.165) is 25.1 Å². The molecule has 1 aromatic carbocycles. The third-order valence-corrected chi connectivity index (χ3v) is 3.70. The van der Waals surface area contributed by atoms with Gasteiger partial charge < -0.3 is 14.6 Å². The molecule has 0 bridgehead atoms. The first-order valence-corrected chi connectivity index (χ1v) is 6.98. The van der Waals surface area contributed by atoms with Crippen molar-refractivity contribution in [2.75, 3.05) is 11.9 Å². The largest absolute Gasteiger partial charge is 0.467 e. The number of furan rings is 1. The molecule has 0 unspecified atom stereocenters. The number of carbonyl (C=O) groups is 1. The molecule has 2 aromatic rings. The number of nitrogens with zero attached hydrogens (tertiary/aromatic N) is 1. The second-order valence-corrected chi connectivity index (χ2v) is 5.24. The number of rotatable bonds is 2. The number of nitrogens with one attached hydrogen (secondary N) is 1. The molecular formula is C15H15ClN2O2. The third-order valence-electron chi connectivity index (χ3n) is 3.46. The highest BCUT2D eigenvalue weighted by Crippen LogP contribution is 2.32. The van der Waals surface area contributed by atoms with Crippen molar-refractivity contribution in [1.82, 2.24) is 4.90 Å². The van der Waals surface area contributed by atoms with Gasteiger partial charge in [0.25, 0.3) is 0 Å². The van der Waals surface area contributed by atoms with E-state index in [1.54, 1.807) is 23.3 Å². The normalized spacial score (nSPS) is 18.2. The molecule has 2 amide bonds. The van der Waals surface area contributed by atoms with Crippen molar-refractivity contribution in [3.05, 3.63) is 53.4 Å². The molecule has 1 aromatic heterocycles. The Labute approximate surface area is 122 Å². The summed E-state index contributed by atoms with van der Waals surface area (Å²) in [4.78, 5) is 14.2. The molecule has 104 valence electrons. The maximum absolute atomic E-state index is 12.4. The van der Waals surface area contributed by atoms with Crippen LogP contribution in [0.25, 0.3) is 0 Å². The summed E-state index contributed by atoms with van der Waals surface area (Å²) in [7, 11) is 0. The highest BCUT2D eigenvalue weighted by molar-refractivity contribution is 6.30. The summed E-state index contributed by atoms with van der Waals surface area (Å²) in [6.45, 7) is 0.734. The van der Waals surface area contributed by atoms with Gasteiger partial charge in [0.05, 0.1) is 12.3 Å². The lowest BCUT2D eigenvalue weighted by molar-refractivity contribution is 0.200. The smallest absolute Gasteiger partial charge is 0.322 e. The molecule has 1 fully saturated rings. The number of amides is 2. The summed E-state index contributed by atoms with van der Waals surface area (Å²) in [6.07, 6.45) is 3.55. The van der Waals surface area contributed by atoms with Crippen LogP contribution in [0.4, 0.5) is 10.5 Å². The van der Waals surface area contributed by atoms with Crippen LogP contribution >= 0.6 is 11.6 Å². The summed E-state index contributed by atoms with van der Waals surface area (Å²) >= 11 is 5.92. The van der Waals surface area contributed by atoms with E-state index in [9.17, 15) is 4.79 Å². The van der Waals surface area contributed by atoms with Gasteiger partial charge in [-0.3, -0.25) is 0 Å². The standard InChI is InChI=1S/C15H15ClN2O2/c16-11-4-1-5-12(10-11)17-15(19)18-8-2-6-13(18)14-7-3-9-20-14/h1,3-5,7,9-10,13H,2,6,8H2,(H,17,19)/t13-/m0/s1. The lowest BCUT2D eigenvalue weighted by Crippen LogP contribution is -2.34. The fourth-order valence-electron chi connectivity index (χ4n) is 2.55. The van der Waals surface area contributed by atoms with Crippen molar-refractivity contribution in [2.24, 2.45) is 0 Å². The number of hydrogen-bond donors (Lipinski definition) is 1. The number of likely N-dealkylation sites (tertiary alicyclic amines) is 1. The molecule has 1 aliphatic heterocycles. The summed E-state index contributed by atoms with van der Waals surface area (Å²) in [5, 5.41) is 3.48. The predicted molar refractivity (Wildman–Crippen MR) is 77.9 cm³/mol. The fraction of sp³-hybridized carbons (Fsp3) is 0.267. The molecule has 1 saturated heterocycles. The molecule has 2 heterocycles. The summed E-state index contributed by atoms with van der Waals surface area (Å²) in [5.74, 6) is 0.837. The van der Waals surface area contributed by atoms with Gasteiger partial charge in [-0.1, -0.05) is 17.7 Å². The molecule has 5 heteroatoms. The lowest BCUT2D eigenvalue weighted by Gasteiger charge is -2.23. The number of urea groups is 1.